The van der Waals surface area contributed by atoms with Crippen LogP contribution >= 0.6 is 0 Å². The number of aromatic nitrogens is 2. The van der Waals surface area contributed by atoms with Crippen LogP contribution < -0.4 is 0 Å². The quantitative estimate of drug-likeness (QED) is 0.280. The first kappa shape index (κ1) is 27.2. The van der Waals surface area contributed by atoms with Crippen LogP contribution in [0.1, 0.15) is 47.6 Å². The van der Waals surface area contributed by atoms with Crippen LogP contribution in [-0.2, 0) is 23.8 Å². The topological polar surface area (TPSA) is 113 Å². The number of piperidine rings is 1. The molecule has 2 N–H and O–H groups in total. The number of carboxylic acid groups (broad SMARTS) is 1. The first-order valence-corrected chi connectivity index (χ1v) is 13.6. The Morgan fingerprint density at radius 2 is 1.80 bits per heavy atom. The molecule has 214 valence electrons. The summed E-state index contributed by atoms with van der Waals surface area (Å²) < 4.78 is 53.4. The van der Waals surface area contributed by atoms with Crippen LogP contribution in [0.25, 0.3) is 34.0 Å². The molecule has 8 nitrogen and oxygen atoms in total. The van der Waals surface area contributed by atoms with E-state index in [1.54, 1.807) is 24.3 Å². The Bertz CT molecular complexity index is 1560. The van der Waals surface area contributed by atoms with E-state index in [1.807, 2.05) is 12.1 Å². The number of hydrogen-bond acceptors (Lipinski definition) is 7. The van der Waals surface area contributed by atoms with Gasteiger partial charge in [-0.15, -0.1) is 0 Å². The molecule has 0 unspecified atom stereocenters. The lowest BCUT2D eigenvalue weighted by Gasteiger charge is -2.33. The molecule has 1 aliphatic carbocycles. The Morgan fingerprint density at radius 3 is 2.56 bits per heavy atom. The van der Waals surface area contributed by atoms with Crippen LogP contribution in [0.15, 0.2) is 57.6 Å². The number of carbonyl (C=O) groups is 1. The maximum atomic E-state index is 14.2. The number of aliphatic hydroxyl groups is 1. The molecule has 0 bridgehead atoms. The highest BCUT2D eigenvalue weighted by atomic mass is 19.4. The van der Waals surface area contributed by atoms with Crippen LogP contribution in [0.3, 0.4) is 0 Å². The van der Waals surface area contributed by atoms with Crippen LogP contribution in [0.5, 0.6) is 0 Å². The Labute approximate surface area is 233 Å². The molecular weight excluding hydrogens is 539 g/mol. The van der Waals surface area contributed by atoms with Crippen molar-refractivity contribution in [2.75, 3.05) is 19.6 Å². The summed E-state index contributed by atoms with van der Waals surface area (Å²) in [6.07, 6.45) is -2.72. The third-order valence-electron chi connectivity index (χ3n) is 7.93. The third kappa shape index (κ3) is 5.39. The fourth-order valence-electron chi connectivity index (χ4n) is 6.03. The summed E-state index contributed by atoms with van der Waals surface area (Å²) in [5, 5.41) is 28.0. The number of nitrogens with zero attached hydrogens (tertiary/aromatic N) is 3. The van der Waals surface area contributed by atoms with Gasteiger partial charge in [-0.05, 0) is 49.3 Å². The maximum Gasteiger partial charge on any atom is 0.422 e. The SMILES string of the molecule is O=C(O)C[C@H]1CCCN(C[C@H](O)c2ccc3c(c2)CCc2c-3noc2-c2noc(-c3ccccc3)c2C(F)(F)F)C1. The van der Waals surface area contributed by atoms with E-state index in [1.165, 1.54) is 12.1 Å². The molecule has 2 aliphatic rings. The number of carboxylic acids is 1. The van der Waals surface area contributed by atoms with Crippen molar-refractivity contribution in [2.24, 2.45) is 5.92 Å². The zero-order valence-corrected chi connectivity index (χ0v) is 22.0. The number of β-amino-alcohol motifs (C(OH)–C–C–N with tert-alkyl or cyclic N) is 1. The van der Waals surface area contributed by atoms with Crippen molar-refractivity contribution in [1.82, 2.24) is 15.2 Å². The summed E-state index contributed by atoms with van der Waals surface area (Å²) in [5.41, 5.74) is 2.17. The molecule has 0 saturated carbocycles. The monoisotopic (exact) mass is 567 g/mol. The highest BCUT2D eigenvalue weighted by molar-refractivity contribution is 5.79. The molecule has 1 fully saturated rings. The van der Waals surface area contributed by atoms with Crippen LogP contribution in [0.2, 0.25) is 0 Å². The number of benzene rings is 2. The van der Waals surface area contributed by atoms with E-state index in [2.05, 4.69) is 15.2 Å². The maximum absolute atomic E-state index is 14.2. The van der Waals surface area contributed by atoms with Gasteiger partial charge in [0.1, 0.15) is 11.3 Å². The van der Waals surface area contributed by atoms with Gasteiger partial charge in [0.05, 0.1) is 6.10 Å². The number of aryl methyl sites for hydroxylation is 1. The van der Waals surface area contributed by atoms with E-state index < -0.39 is 29.5 Å². The Hall–Kier alpha value is -3.96. The second-order valence-electron chi connectivity index (χ2n) is 10.7. The number of halogens is 3. The molecule has 1 saturated heterocycles. The van der Waals surface area contributed by atoms with Gasteiger partial charge in [0.15, 0.2) is 17.2 Å². The first-order chi connectivity index (χ1) is 19.7. The highest BCUT2D eigenvalue weighted by Gasteiger charge is 2.43. The van der Waals surface area contributed by atoms with Gasteiger partial charge in [-0.25, -0.2) is 0 Å². The minimum atomic E-state index is -4.74. The first-order valence-electron chi connectivity index (χ1n) is 13.6. The van der Waals surface area contributed by atoms with Crippen molar-refractivity contribution < 1.29 is 37.2 Å². The molecule has 2 aromatic heterocycles. The van der Waals surface area contributed by atoms with Crippen molar-refractivity contribution in [1.29, 1.82) is 0 Å². The third-order valence-corrected chi connectivity index (χ3v) is 7.93. The standard InChI is InChI=1S/C30H28F3N3O5/c31-30(32,33)25-27(35-40-28(25)18-6-2-1-3-7-18)29-22-11-8-19-14-20(9-10-21(19)26(22)34-41-29)23(37)16-36-12-4-5-17(15-36)13-24(38)39/h1-3,6-7,9-10,14,17,23,37H,4-5,8,11-13,15-16H2,(H,38,39)/t17-,23+/m1/s1. The second kappa shape index (κ2) is 10.8. The van der Waals surface area contributed by atoms with E-state index >= 15 is 0 Å². The van der Waals surface area contributed by atoms with Crippen molar-refractivity contribution in [3.05, 3.63) is 70.8 Å². The lowest BCUT2D eigenvalue weighted by atomic mass is 9.86. The lowest BCUT2D eigenvalue weighted by molar-refractivity contribution is -0.139. The smallest absolute Gasteiger partial charge is 0.422 e. The largest absolute Gasteiger partial charge is 0.481 e. The molecule has 11 heteroatoms. The van der Waals surface area contributed by atoms with Gasteiger partial charge in [-0.3, -0.25) is 4.79 Å². The molecule has 2 aromatic carbocycles. The van der Waals surface area contributed by atoms with Crippen molar-refractivity contribution in [3.63, 3.8) is 0 Å². The summed E-state index contributed by atoms with van der Waals surface area (Å²) in [4.78, 5) is 13.2. The number of likely N-dealkylation sites (tertiary alicyclic amines) is 1. The van der Waals surface area contributed by atoms with Crippen molar-refractivity contribution in [3.8, 4) is 34.0 Å². The molecule has 2 atom stereocenters. The zero-order valence-electron chi connectivity index (χ0n) is 22.0. The number of aliphatic carboxylic acids is 1. The Balaban J connectivity index is 1.26. The number of rotatable bonds is 7. The van der Waals surface area contributed by atoms with Crippen LogP contribution in [0, 0.1) is 5.92 Å². The fraction of sp³-hybridized carbons (Fsp3) is 0.367. The van der Waals surface area contributed by atoms with E-state index in [0.29, 0.717) is 37.2 Å². The molecule has 41 heavy (non-hydrogen) atoms. The molecule has 3 heterocycles. The molecule has 0 amide bonds. The molecule has 6 rings (SSSR count). The zero-order chi connectivity index (χ0) is 28.7. The predicted octanol–water partition coefficient (Wildman–Crippen LogP) is 6.00. The Morgan fingerprint density at radius 1 is 1.05 bits per heavy atom. The average Bonchev–Trinajstić information content (AvgIpc) is 3.58. The summed E-state index contributed by atoms with van der Waals surface area (Å²) in [5.74, 6) is -1.18. The van der Waals surface area contributed by atoms with Gasteiger partial charge >= 0.3 is 12.1 Å². The summed E-state index contributed by atoms with van der Waals surface area (Å²) >= 11 is 0. The normalized spacial score (nSPS) is 18.1. The molecule has 4 aromatic rings. The number of hydrogen-bond donors (Lipinski definition) is 2. The summed E-state index contributed by atoms with van der Waals surface area (Å²) in [6, 6.07) is 13.5. The molecule has 1 aliphatic heterocycles. The average molecular weight is 568 g/mol. The minimum absolute atomic E-state index is 0.0611. The van der Waals surface area contributed by atoms with Gasteiger partial charge in [0, 0.05) is 36.2 Å². The van der Waals surface area contributed by atoms with Crippen LogP contribution in [-0.4, -0.2) is 51.0 Å². The van der Waals surface area contributed by atoms with E-state index in [4.69, 9.17) is 14.2 Å². The lowest BCUT2D eigenvalue weighted by Crippen LogP contribution is -2.38. The number of aliphatic hydroxyl groups excluding tert-OH is 1. The van der Waals surface area contributed by atoms with E-state index in [9.17, 15) is 23.1 Å². The fourth-order valence-corrected chi connectivity index (χ4v) is 6.03. The Kier molecular flexibility index (Phi) is 7.16. The highest BCUT2D eigenvalue weighted by Crippen LogP contribution is 2.46. The van der Waals surface area contributed by atoms with Gasteiger partial charge in [0.2, 0.25) is 0 Å². The van der Waals surface area contributed by atoms with E-state index in [0.717, 1.165) is 36.1 Å². The minimum Gasteiger partial charge on any atom is -0.481 e. The molecular formula is C30H28F3N3O5. The van der Waals surface area contributed by atoms with Gasteiger partial charge < -0.3 is 24.2 Å². The van der Waals surface area contributed by atoms with Crippen LogP contribution in [0.4, 0.5) is 13.2 Å². The number of fused-ring (bicyclic) bond motifs is 3. The summed E-state index contributed by atoms with van der Waals surface area (Å²) in [6.45, 7) is 1.83. The predicted molar refractivity (Wildman–Crippen MR) is 142 cm³/mol. The number of alkyl halides is 3. The van der Waals surface area contributed by atoms with Gasteiger partial charge in [-0.1, -0.05) is 58.8 Å². The summed E-state index contributed by atoms with van der Waals surface area (Å²) in [7, 11) is 0. The van der Waals surface area contributed by atoms with E-state index in [-0.39, 0.29) is 29.4 Å². The second-order valence-corrected chi connectivity index (χ2v) is 10.7. The van der Waals surface area contributed by atoms with Gasteiger partial charge in [0.25, 0.3) is 0 Å². The molecule has 0 radical (unpaired) electrons. The van der Waals surface area contributed by atoms with Gasteiger partial charge in [-0.2, -0.15) is 13.2 Å². The molecule has 0 spiro atoms. The van der Waals surface area contributed by atoms with Crippen molar-refractivity contribution in [2.45, 2.75) is 44.4 Å². The van der Waals surface area contributed by atoms with Crippen molar-refractivity contribution >= 4 is 5.97 Å².